The molecule has 1 unspecified atom stereocenters. The van der Waals surface area contributed by atoms with Crippen LogP contribution in [0, 0.1) is 0 Å². The molecular weight excluding hydrogens is 340 g/mol. The number of piperazine rings is 1. The largest absolute Gasteiger partial charge is 0.459 e. The number of rotatable bonds is 4. The Kier molecular flexibility index (Phi) is 4.37. The highest BCUT2D eigenvalue weighted by Crippen LogP contribution is 2.26. The molecule has 3 aromatic heterocycles. The topological polar surface area (TPSA) is 75.6 Å². The average molecular weight is 358 g/mol. The number of nitrogens with zero attached hydrogens (tertiary/aromatic N) is 4. The molecular formula is C17H18N4O3S. The highest BCUT2D eigenvalue weighted by Gasteiger charge is 2.29. The molecule has 0 N–H and O–H groups in total. The summed E-state index contributed by atoms with van der Waals surface area (Å²) in [6.45, 7) is 4.86. The Morgan fingerprint density at radius 1 is 1.24 bits per heavy atom. The van der Waals surface area contributed by atoms with E-state index < -0.39 is 0 Å². The van der Waals surface area contributed by atoms with Gasteiger partial charge in [0, 0.05) is 26.2 Å². The molecule has 4 rings (SSSR count). The lowest BCUT2D eigenvalue weighted by Gasteiger charge is -2.36. The van der Waals surface area contributed by atoms with Gasteiger partial charge in [-0.25, -0.2) is 0 Å². The minimum Gasteiger partial charge on any atom is -0.459 e. The van der Waals surface area contributed by atoms with Crippen molar-refractivity contribution in [3.05, 3.63) is 47.6 Å². The van der Waals surface area contributed by atoms with Crippen molar-refractivity contribution in [1.82, 2.24) is 19.9 Å². The van der Waals surface area contributed by atoms with Crippen molar-refractivity contribution in [2.75, 3.05) is 26.2 Å². The van der Waals surface area contributed by atoms with E-state index in [1.807, 2.05) is 22.4 Å². The summed E-state index contributed by atoms with van der Waals surface area (Å²) in [6.07, 6.45) is 1.52. The lowest BCUT2D eigenvalue weighted by atomic mass is 10.2. The van der Waals surface area contributed by atoms with Gasteiger partial charge in [0.05, 0.1) is 17.2 Å². The Labute approximate surface area is 148 Å². The number of carbonyl (C=O) groups excluding carboxylic acids is 1. The van der Waals surface area contributed by atoms with Crippen LogP contribution in [0.2, 0.25) is 0 Å². The summed E-state index contributed by atoms with van der Waals surface area (Å²) in [7, 11) is 0. The monoisotopic (exact) mass is 358 g/mol. The second-order valence-corrected chi connectivity index (χ2v) is 6.86. The maximum Gasteiger partial charge on any atom is 0.289 e. The van der Waals surface area contributed by atoms with Gasteiger partial charge in [0.1, 0.15) is 0 Å². The van der Waals surface area contributed by atoms with Gasteiger partial charge in [0.25, 0.3) is 5.91 Å². The van der Waals surface area contributed by atoms with Crippen molar-refractivity contribution < 1.29 is 13.7 Å². The van der Waals surface area contributed by atoms with Crippen molar-refractivity contribution in [3.63, 3.8) is 0 Å². The van der Waals surface area contributed by atoms with Crippen LogP contribution in [0.3, 0.4) is 0 Å². The molecule has 1 aliphatic rings. The third-order valence-electron chi connectivity index (χ3n) is 4.42. The third-order valence-corrected chi connectivity index (χ3v) is 5.29. The van der Waals surface area contributed by atoms with Gasteiger partial charge in [-0.15, -0.1) is 11.3 Å². The van der Waals surface area contributed by atoms with E-state index in [0.717, 1.165) is 18.0 Å². The zero-order valence-electron chi connectivity index (χ0n) is 13.8. The fourth-order valence-electron chi connectivity index (χ4n) is 2.94. The summed E-state index contributed by atoms with van der Waals surface area (Å²) in [5, 5.41) is 6.06. The Morgan fingerprint density at radius 3 is 2.76 bits per heavy atom. The molecule has 0 saturated carbocycles. The van der Waals surface area contributed by atoms with Gasteiger partial charge < -0.3 is 13.8 Å². The van der Waals surface area contributed by atoms with Gasteiger partial charge >= 0.3 is 0 Å². The molecule has 130 valence electrons. The van der Waals surface area contributed by atoms with Gasteiger partial charge in [-0.1, -0.05) is 11.2 Å². The van der Waals surface area contributed by atoms with E-state index in [0.29, 0.717) is 30.6 Å². The first-order valence-electron chi connectivity index (χ1n) is 8.16. The number of aromatic nitrogens is 2. The number of thiophene rings is 1. The van der Waals surface area contributed by atoms with Crippen LogP contribution in [-0.2, 0) is 0 Å². The molecule has 1 saturated heterocycles. The highest BCUT2D eigenvalue weighted by atomic mass is 32.1. The van der Waals surface area contributed by atoms with Gasteiger partial charge in [-0.3, -0.25) is 9.69 Å². The second kappa shape index (κ2) is 6.81. The molecule has 0 aromatic carbocycles. The predicted molar refractivity (Wildman–Crippen MR) is 92.2 cm³/mol. The first-order valence-corrected chi connectivity index (χ1v) is 9.04. The first-order chi connectivity index (χ1) is 12.2. The highest BCUT2D eigenvalue weighted by molar-refractivity contribution is 7.13. The van der Waals surface area contributed by atoms with Crippen LogP contribution in [0.25, 0.3) is 10.7 Å². The number of carbonyl (C=O) groups is 1. The Balaban J connectivity index is 1.38. The quantitative estimate of drug-likeness (QED) is 0.714. The summed E-state index contributed by atoms with van der Waals surface area (Å²) in [5.74, 6) is 1.56. The average Bonchev–Trinajstić information content (AvgIpc) is 3.42. The molecule has 4 heterocycles. The lowest BCUT2D eigenvalue weighted by molar-refractivity contribution is 0.0524. The zero-order chi connectivity index (χ0) is 17.2. The molecule has 7 nitrogen and oxygen atoms in total. The van der Waals surface area contributed by atoms with Crippen molar-refractivity contribution in [2.24, 2.45) is 0 Å². The normalized spacial score (nSPS) is 16.9. The first kappa shape index (κ1) is 16.0. The molecule has 8 heteroatoms. The van der Waals surface area contributed by atoms with Gasteiger partial charge in [-0.2, -0.15) is 4.98 Å². The second-order valence-electron chi connectivity index (χ2n) is 5.91. The molecule has 0 spiro atoms. The van der Waals surface area contributed by atoms with E-state index in [-0.39, 0.29) is 11.9 Å². The van der Waals surface area contributed by atoms with E-state index in [1.54, 1.807) is 23.5 Å². The smallest absolute Gasteiger partial charge is 0.289 e. The van der Waals surface area contributed by atoms with E-state index in [9.17, 15) is 4.79 Å². The van der Waals surface area contributed by atoms with Crippen LogP contribution in [0.4, 0.5) is 0 Å². The van der Waals surface area contributed by atoms with Crippen LogP contribution in [-0.4, -0.2) is 52.0 Å². The Morgan fingerprint density at radius 2 is 2.08 bits per heavy atom. The third kappa shape index (κ3) is 3.22. The predicted octanol–water partition coefficient (Wildman–Crippen LogP) is 2.91. The summed E-state index contributed by atoms with van der Waals surface area (Å²) in [6, 6.07) is 7.38. The standard InChI is InChI=1S/C17H18N4O3S/c1-12(16-18-15(19-24-16)14-5-3-11-25-14)20-6-8-21(9-7-20)17(22)13-4-2-10-23-13/h2-5,10-12H,6-9H2,1H3. The van der Waals surface area contributed by atoms with Crippen molar-refractivity contribution in [2.45, 2.75) is 13.0 Å². The van der Waals surface area contributed by atoms with Crippen LogP contribution < -0.4 is 0 Å². The summed E-state index contributed by atoms with van der Waals surface area (Å²) < 4.78 is 10.6. The SMILES string of the molecule is CC(c1nc(-c2cccs2)no1)N1CCN(C(=O)c2ccco2)CC1. The Hall–Kier alpha value is -2.45. The fraction of sp³-hybridized carbons (Fsp3) is 0.353. The van der Waals surface area contributed by atoms with E-state index >= 15 is 0 Å². The maximum atomic E-state index is 12.3. The van der Waals surface area contributed by atoms with Crippen molar-refractivity contribution in [1.29, 1.82) is 0 Å². The minimum absolute atomic E-state index is 0.0158. The van der Waals surface area contributed by atoms with E-state index in [1.165, 1.54) is 6.26 Å². The molecule has 3 aromatic rings. The molecule has 1 aliphatic heterocycles. The van der Waals surface area contributed by atoms with Crippen molar-refractivity contribution in [3.8, 4) is 10.7 Å². The summed E-state index contributed by atoms with van der Waals surface area (Å²) in [5.41, 5.74) is 0. The lowest BCUT2D eigenvalue weighted by Crippen LogP contribution is -2.49. The van der Waals surface area contributed by atoms with Crippen LogP contribution in [0.1, 0.15) is 29.4 Å². The fourth-order valence-corrected chi connectivity index (χ4v) is 3.58. The molecule has 1 fully saturated rings. The van der Waals surface area contributed by atoms with Crippen LogP contribution in [0.15, 0.2) is 44.8 Å². The number of furan rings is 1. The molecule has 25 heavy (non-hydrogen) atoms. The zero-order valence-corrected chi connectivity index (χ0v) is 14.6. The van der Waals surface area contributed by atoms with Crippen molar-refractivity contribution >= 4 is 17.2 Å². The number of hydrogen-bond acceptors (Lipinski definition) is 7. The molecule has 0 bridgehead atoms. The molecule has 1 amide bonds. The summed E-state index contributed by atoms with van der Waals surface area (Å²) >= 11 is 1.59. The molecule has 0 aliphatic carbocycles. The van der Waals surface area contributed by atoms with Crippen LogP contribution in [0.5, 0.6) is 0 Å². The van der Waals surface area contributed by atoms with Gasteiger partial charge in [-0.05, 0) is 30.5 Å². The molecule has 0 radical (unpaired) electrons. The van der Waals surface area contributed by atoms with E-state index in [4.69, 9.17) is 8.94 Å². The van der Waals surface area contributed by atoms with Crippen LogP contribution >= 0.6 is 11.3 Å². The maximum absolute atomic E-state index is 12.3. The minimum atomic E-state index is -0.0601. The van der Waals surface area contributed by atoms with Gasteiger partial charge in [0.15, 0.2) is 5.76 Å². The van der Waals surface area contributed by atoms with E-state index in [2.05, 4.69) is 22.0 Å². The Bertz CT molecular complexity index is 820. The number of hydrogen-bond donors (Lipinski definition) is 0. The molecule has 1 atom stereocenters. The summed E-state index contributed by atoms with van der Waals surface area (Å²) in [4.78, 5) is 21.9. The number of amides is 1. The van der Waals surface area contributed by atoms with Gasteiger partial charge in [0.2, 0.25) is 11.7 Å².